The van der Waals surface area contributed by atoms with Gasteiger partial charge in [0, 0.05) is 0 Å². The second-order valence-corrected chi connectivity index (χ2v) is 10.00. The van der Waals surface area contributed by atoms with Gasteiger partial charge in [0.1, 0.15) is 17.2 Å². The van der Waals surface area contributed by atoms with Gasteiger partial charge in [-0.25, -0.2) is 4.79 Å². The minimum absolute atomic E-state index is 0.380. The molecule has 2 aromatic carbocycles. The highest BCUT2D eigenvalue weighted by molar-refractivity contribution is 5.91. The summed E-state index contributed by atoms with van der Waals surface area (Å²) in [5.74, 6) is 2.52. The maximum atomic E-state index is 12.5. The van der Waals surface area contributed by atoms with E-state index in [0.29, 0.717) is 24.5 Å². The lowest BCUT2D eigenvalue weighted by Gasteiger charge is -2.10. The Balaban J connectivity index is 1.59. The van der Waals surface area contributed by atoms with Crippen LogP contribution >= 0.6 is 0 Å². The third kappa shape index (κ3) is 13.9. The minimum atomic E-state index is -0.380. The zero-order chi connectivity index (χ0) is 26.6. The number of allylic oxidation sites excluding steroid dienone is 1. The lowest BCUT2D eigenvalue weighted by Crippen LogP contribution is -2.08. The number of ether oxygens (including phenoxy) is 3. The zero-order valence-electron chi connectivity index (χ0n) is 23.2. The summed E-state index contributed by atoms with van der Waals surface area (Å²) in [5, 5.41) is 0. The molecule has 0 aromatic heterocycles. The first kappa shape index (κ1) is 30.5. The molecule has 0 radical (unpaired) electrons. The molecule has 1 atom stereocenters. The average Bonchev–Trinajstić information content (AvgIpc) is 2.92. The Morgan fingerprint density at radius 1 is 0.730 bits per heavy atom. The first-order valence-electron chi connectivity index (χ1n) is 14.4. The molecule has 4 heteroatoms. The van der Waals surface area contributed by atoms with Crippen LogP contribution in [0.5, 0.6) is 17.2 Å². The highest BCUT2D eigenvalue weighted by Gasteiger charge is 2.09. The van der Waals surface area contributed by atoms with E-state index in [4.69, 9.17) is 14.2 Å². The summed E-state index contributed by atoms with van der Waals surface area (Å²) < 4.78 is 17.2. The van der Waals surface area contributed by atoms with E-state index in [-0.39, 0.29) is 5.97 Å². The van der Waals surface area contributed by atoms with Crippen molar-refractivity contribution in [3.63, 3.8) is 0 Å². The molecule has 0 heterocycles. The van der Waals surface area contributed by atoms with Crippen molar-refractivity contribution in [1.29, 1.82) is 0 Å². The third-order valence-electron chi connectivity index (χ3n) is 6.75. The van der Waals surface area contributed by atoms with Crippen molar-refractivity contribution in [1.82, 2.24) is 0 Å². The topological polar surface area (TPSA) is 44.8 Å². The molecule has 1 unspecified atom stereocenters. The van der Waals surface area contributed by atoms with E-state index in [2.05, 4.69) is 20.4 Å². The lowest BCUT2D eigenvalue weighted by atomic mass is 10.0. The molecule has 0 saturated carbocycles. The predicted molar refractivity (Wildman–Crippen MR) is 154 cm³/mol. The number of carbonyl (C=O) groups excluding carboxylic acids is 1. The fourth-order valence-corrected chi connectivity index (χ4v) is 4.09. The summed E-state index contributed by atoms with van der Waals surface area (Å²) in [6.45, 7) is 9.73. The first-order chi connectivity index (χ1) is 18.1. The molecule has 0 amide bonds. The van der Waals surface area contributed by atoms with Gasteiger partial charge in [0.05, 0.1) is 18.8 Å². The number of hydrogen-bond donors (Lipinski definition) is 0. The van der Waals surface area contributed by atoms with Gasteiger partial charge in [-0.15, -0.1) is 6.58 Å². The molecule has 204 valence electrons. The van der Waals surface area contributed by atoms with Gasteiger partial charge in [0.15, 0.2) is 0 Å². The van der Waals surface area contributed by atoms with Crippen LogP contribution in [0, 0.1) is 5.92 Å². The monoisotopic (exact) mass is 508 g/mol. The molecular weight excluding hydrogens is 460 g/mol. The van der Waals surface area contributed by atoms with Crippen LogP contribution in [0.4, 0.5) is 0 Å². The highest BCUT2D eigenvalue weighted by atomic mass is 16.5. The molecule has 0 saturated heterocycles. The molecule has 0 spiro atoms. The highest BCUT2D eigenvalue weighted by Crippen LogP contribution is 2.20. The fourth-order valence-electron chi connectivity index (χ4n) is 4.09. The Morgan fingerprint density at radius 2 is 1.22 bits per heavy atom. The Hall–Kier alpha value is -2.75. The number of hydrogen-bond acceptors (Lipinski definition) is 4. The average molecular weight is 509 g/mol. The summed E-state index contributed by atoms with van der Waals surface area (Å²) in [7, 11) is 0. The van der Waals surface area contributed by atoms with Crippen molar-refractivity contribution in [3.8, 4) is 17.2 Å². The maximum absolute atomic E-state index is 12.5. The molecule has 4 nitrogen and oxygen atoms in total. The Kier molecular flexibility index (Phi) is 16.0. The number of esters is 1. The van der Waals surface area contributed by atoms with Crippen LogP contribution in [0.3, 0.4) is 0 Å². The van der Waals surface area contributed by atoms with Gasteiger partial charge in [0.2, 0.25) is 0 Å². The fraction of sp³-hybridized carbons (Fsp3) is 0.545. The quantitative estimate of drug-likeness (QED) is 0.0728. The van der Waals surface area contributed by atoms with Crippen LogP contribution < -0.4 is 14.2 Å². The molecule has 2 rings (SSSR count). The second kappa shape index (κ2) is 19.4. The Bertz CT molecular complexity index is 857. The molecule has 0 bridgehead atoms. The minimum Gasteiger partial charge on any atom is -0.494 e. The van der Waals surface area contributed by atoms with Crippen LogP contribution in [-0.2, 0) is 0 Å². The SMILES string of the molecule is C=CCCCCCCCCCOc1ccc(OC(=O)c2ccc(OCCCCCC(C)CC)cc2)cc1. The normalized spacial score (nSPS) is 11.6. The van der Waals surface area contributed by atoms with Crippen molar-refractivity contribution < 1.29 is 19.0 Å². The van der Waals surface area contributed by atoms with E-state index in [1.54, 1.807) is 24.3 Å². The number of rotatable bonds is 21. The summed E-state index contributed by atoms with van der Waals surface area (Å²) in [6.07, 6.45) is 17.9. The Morgan fingerprint density at radius 3 is 1.78 bits per heavy atom. The summed E-state index contributed by atoms with van der Waals surface area (Å²) in [4.78, 5) is 12.5. The summed E-state index contributed by atoms with van der Waals surface area (Å²) in [5.41, 5.74) is 0.502. The van der Waals surface area contributed by atoms with Crippen LogP contribution in [-0.4, -0.2) is 19.2 Å². The zero-order valence-corrected chi connectivity index (χ0v) is 23.2. The van der Waals surface area contributed by atoms with Gasteiger partial charge in [-0.2, -0.15) is 0 Å². The predicted octanol–water partition coefficient (Wildman–Crippen LogP) is 9.58. The summed E-state index contributed by atoms with van der Waals surface area (Å²) in [6, 6.07) is 14.4. The van der Waals surface area contributed by atoms with Gasteiger partial charge < -0.3 is 14.2 Å². The smallest absolute Gasteiger partial charge is 0.343 e. The molecule has 2 aromatic rings. The molecule has 0 aliphatic heterocycles. The standard InChI is InChI=1S/C33H48O4/c1-4-6-7-8-9-10-11-12-15-26-36-31-22-24-32(25-23-31)37-33(34)29-18-20-30(21-19-29)35-27-16-13-14-17-28(3)5-2/h4,18-25,28H,1,5-17,26-27H2,2-3H3. The van der Waals surface area contributed by atoms with Gasteiger partial charge >= 0.3 is 5.97 Å². The molecule has 0 aliphatic rings. The van der Waals surface area contributed by atoms with E-state index in [1.807, 2.05) is 30.3 Å². The van der Waals surface area contributed by atoms with E-state index >= 15 is 0 Å². The molecule has 0 aliphatic carbocycles. The number of unbranched alkanes of at least 4 members (excludes halogenated alkanes) is 9. The van der Waals surface area contributed by atoms with E-state index in [9.17, 15) is 4.79 Å². The third-order valence-corrected chi connectivity index (χ3v) is 6.75. The van der Waals surface area contributed by atoms with E-state index in [0.717, 1.165) is 36.7 Å². The molecular formula is C33H48O4. The van der Waals surface area contributed by atoms with Crippen molar-refractivity contribution in [2.45, 2.75) is 97.3 Å². The summed E-state index contributed by atoms with van der Waals surface area (Å²) >= 11 is 0. The number of benzene rings is 2. The van der Waals surface area contributed by atoms with Crippen LogP contribution in [0.2, 0.25) is 0 Å². The maximum Gasteiger partial charge on any atom is 0.343 e. The van der Waals surface area contributed by atoms with Crippen molar-refractivity contribution in [2.75, 3.05) is 13.2 Å². The Labute approximate surface area is 225 Å². The van der Waals surface area contributed by atoms with Crippen molar-refractivity contribution in [3.05, 3.63) is 66.7 Å². The van der Waals surface area contributed by atoms with Gasteiger partial charge in [0.25, 0.3) is 0 Å². The number of carbonyl (C=O) groups is 1. The van der Waals surface area contributed by atoms with Crippen molar-refractivity contribution >= 4 is 5.97 Å². The lowest BCUT2D eigenvalue weighted by molar-refractivity contribution is 0.0734. The molecule has 0 fully saturated rings. The van der Waals surface area contributed by atoms with E-state index < -0.39 is 0 Å². The largest absolute Gasteiger partial charge is 0.494 e. The van der Waals surface area contributed by atoms with Gasteiger partial charge in [-0.1, -0.05) is 77.7 Å². The van der Waals surface area contributed by atoms with Crippen LogP contribution in [0.15, 0.2) is 61.2 Å². The van der Waals surface area contributed by atoms with Gasteiger partial charge in [-0.05, 0) is 80.1 Å². The molecule has 0 N–H and O–H groups in total. The molecule has 37 heavy (non-hydrogen) atoms. The van der Waals surface area contributed by atoms with Gasteiger partial charge in [-0.3, -0.25) is 0 Å². The van der Waals surface area contributed by atoms with Crippen LogP contribution in [0.1, 0.15) is 108 Å². The van der Waals surface area contributed by atoms with Crippen LogP contribution in [0.25, 0.3) is 0 Å². The van der Waals surface area contributed by atoms with E-state index in [1.165, 1.54) is 64.2 Å². The second-order valence-electron chi connectivity index (χ2n) is 10.00. The first-order valence-corrected chi connectivity index (χ1v) is 14.4. The van der Waals surface area contributed by atoms with Crippen molar-refractivity contribution in [2.24, 2.45) is 5.92 Å².